The minimum atomic E-state index is -0.0196. The highest BCUT2D eigenvalue weighted by molar-refractivity contribution is 5.94. The second-order valence-corrected chi connectivity index (χ2v) is 10.9. The van der Waals surface area contributed by atoms with Gasteiger partial charge in [-0.2, -0.15) is 0 Å². The second-order valence-electron chi connectivity index (χ2n) is 10.9. The third-order valence-corrected chi connectivity index (χ3v) is 7.69. The van der Waals surface area contributed by atoms with E-state index < -0.39 is 0 Å². The van der Waals surface area contributed by atoms with Gasteiger partial charge in [0.05, 0.1) is 5.71 Å². The summed E-state index contributed by atoms with van der Waals surface area (Å²) in [6, 6.07) is 0. The van der Waals surface area contributed by atoms with E-state index in [1.54, 1.807) is 0 Å². The van der Waals surface area contributed by atoms with Crippen molar-refractivity contribution >= 4 is 5.71 Å². The molecule has 0 radical (unpaired) electrons. The first kappa shape index (κ1) is 31.7. The molecule has 0 amide bonds. The fourth-order valence-corrected chi connectivity index (χ4v) is 5.43. The van der Waals surface area contributed by atoms with Gasteiger partial charge in [0.15, 0.2) is 0 Å². The highest BCUT2D eigenvalue weighted by atomic mass is 16.6. The summed E-state index contributed by atoms with van der Waals surface area (Å²) < 4.78 is 0. The molecule has 0 aliphatic carbocycles. The van der Waals surface area contributed by atoms with E-state index in [0.717, 1.165) is 38.6 Å². The van der Waals surface area contributed by atoms with Gasteiger partial charge in [0.2, 0.25) is 0 Å². The summed E-state index contributed by atoms with van der Waals surface area (Å²) in [4.78, 5) is 8.80. The lowest BCUT2D eigenvalue weighted by Crippen LogP contribution is -2.37. The molecule has 0 spiro atoms. The summed E-state index contributed by atoms with van der Waals surface area (Å²) in [6.45, 7) is 20.4. The molecule has 3 atom stereocenters. The number of unbranched alkanes of at least 4 members (excludes halogenated alkanes) is 2. The van der Waals surface area contributed by atoms with Gasteiger partial charge in [0.25, 0.3) is 0 Å². The number of hydrogen-bond donors (Lipinski definition) is 0. The molecule has 3 nitrogen and oxygen atoms in total. The van der Waals surface area contributed by atoms with Crippen molar-refractivity contribution in [2.75, 3.05) is 26.2 Å². The average Bonchev–Trinajstić information content (AvgIpc) is 2.86. The highest BCUT2D eigenvalue weighted by Gasteiger charge is 2.39. The maximum atomic E-state index is 6.19. The van der Waals surface area contributed by atoms with E-state index in [9.17, 15) is 0 Å². The fraction of sp³-hybridized carbons (Fsp3) is 0.781. The molecule has 1 aliphatic rings. The number of likely N-dealkylation sites (tertiary alicyclic amines) is 1. The Labute approximate surface area is 219 Å². The van der Waals surface area contributed by atoms with Crippen LogP contribution in [0.2, 0.25) is 0 Å². The largest absolute Gasteiger partial charge is 0.395 e. The van der Waals surface area contributed by atoms with Crippen molar-refractivity contribution in [3.05, 3.63) is 36.0 Å². The van der Waals surface area contributed by atoms with E-state index >= 15 is 0 Å². The van der Waals surface area contributed by atoms with Crippen molar-refractivity contribution in [3.8, 4) is 0 Å². The predicted octanol–water partition coefficient (Wildman–Crippen LogP) is 9.36. The number of nitrogens with zero attached hydrogens (tertiary/aromatic N) is 2. The molecular formula is C32H58N2O. The molecule has 1 heterocycles. The smallest absolute Gasteiger partial charge is 0.120 e. The Hall–Kier alpha value is -1.35. The van der Waals surface area contributed by atoms with Gasteiger partial charge < -0.3 is 9.74 Å². The molecule has 202 valence electrons. The first-order valence-electron chi connectivity index (χ1n) is 14.9. The van der Waals surface area contributed by atoms with Gasteiger partial charge in [-0.15, -0.1) is 0 Å². The zero-order valence-corrected chi connectivity index (χ0v) is 24.5. The Morgan fingerprint density at radius 2 is 1.69 bits per heavy atom. The van der Waals surface area contributed by atoms with Crippen LogP contribution in [0, 0.1) is 17.3 Å². The lowest BCUT2D eigenvalue weighted by Gasteiger charge is -2.38. The molecule has 0 aromatic carbocycles. The normalized spacial score (nSPS) is 19.9. The van der Waals surface area contributed by atoms with E-state index in [1.165, 1.54) is 62.9 Å². The summed E-state index contributed by atoms with van der Waals surface area (Å²) in [5.41, 5.74) is 2.68. The van der Waals surface area contributed by atoms with Gasteiger partial charge in [-0.25, -0.2) is 0 Å². The molecule has 1 aliphatic heterocycles. The van der Waals surface area contributed by atoms with Crippen LogP contribution in [0.4, 0.5) is 0 Å². The minimum Gasteiger partial charge on any atom is -0.395 e. The van der Waals surface area contributed by atoms with E-state index in [2.05, 4.69) is 83.7 Å². The summed E-state index contributed by atoms with van der Waals surface area (Å²) >= 11 is 0. The van der Waals surface area contributed by atoms with Crippen molar-refractivity contribution < 1.29 is 4.84 Å². The lowest BCUT2D eigenvalue weighted by atomic mass is 9.66. The van der Waals surface area contributed by atoms with Crippen LogP contribution in [0.15, 0.2) is 41.1 Å². The lowest BCUT2D eigenvalue weighted by molar-refractivity contribution is 0.0852. The molecule has 0 aromatic rings. The summed E-state index contributed by atoms with van der Waals surface area (Å²) in [7, 11) is 0. The molecular weight excluding hydrogens is 428 g/mol. The van der Waals surface area contributed by atoms with Gasteiger partial charge >= 0.3 is 0 Å². The van der Waals surface area contributed by atoms with E-state index in [1.807, 2.05) is 0 Å². The number of rotatable bonds is 18. The Morgan fingerprint density at radius 1 is 0.943 bits per heavy atom. The average molecular weight is 487 g/mol. The number of oxime groups is 1. The molecule has 3 heteroatoms. The van der Waals surface area contributed by atoms with Crippen LogP contribution < -0.4 is 0 Å². The molecule has 1 rings (SSSR count). The molecule has 1 fully saturated rings. The van der Waals surface area contributed by atoms with Crippen LogP contribution in [-0.2, 0) is 4.84 Å². The van der Waals surface area contributed by atoms with Gasteiger partial charge in [0.1, 0.15) is 6.61 Å². The SMILES string of the molecule is CC/C=C/C=C\C=C(/C)C(CCC)(CCCCC)/C(=N/OCC(C)CN1CCCCC1)C(C)CC. The third-order valence-electron chi connectivity index (χ3n) is 7.69. The van der Waals surface area contributed by atoms with Crippen molar-refractivity contribution in [1.29, 1.82) is 0 Å². The van der Waals surface area contributed by atoms with Gasteiger partial charge in [0, 0.05) is 17.9 Å². The standard InChI is InChI=1S/C32H58N2O/c1-8-12-14-15-17-21-30(7)32(22-10-3,23-18-13-9-2)31(29(6)11-4)33-35-27-28(5)26-34-24-19-16-20-25-34/h12,14-15,17,21,28-29H,8-11,13,16,18-20,22-27H2,1-7H3/b14-12+,17-15-,30-21+,33-31+. The number of hydrogen-bond acceptors (Lipinski definition) is 3. The molecule has 0 aromatic heterocycles. The fourth-order valence-electron chi connectivity index (χ4n) is 5.43. The van der Waals surface area contributed by atoms with Gasteiger partial charge in [-0.1, -0.05) is 115 Å². The second kappa shape index (κ2) is 18.9. The highest BCUT2D eigenvalue weighted by Crippen LogP contribution is 2.43. The van der Waals surface area contributed by atoms with Gasteiger partial charge in [-0.05, 0) is 64.5 Å². The van der Waals surface area contributed by atoms with Crippen LogP contribution in [-0.4, -0.2) is 36.9 Å². The first-order chi connectivity index (χ1) is 16.9. The molecule has 0 bridgehead atoms. The Morgan fingerprint density at radius 3 is 2.31 bits per heavy atom. The topological polar surface area (TPSA) is 24.8 Å². The third kappa shape index (κ3) is 11.5. The van der Waals surface area contributed by atoms with Crippen molar-refractivity contribution in [3.63, 3.8) is 0 Å². The molecule has 35 heavy (non-hydrogen) atoms. The summed E-state index contributed by atoms with van der Waals surface area (Å²) in [5, 5.41) is 5.00. The number of allylic oxidation sites excluding steroid dienone is 6. The minimum absolute atomic E-state index is 0.0196. The summed E-state index contributed by atoms with van der Waals surface area (Å²) in [5.74, 6) is 0.911. The summed E-state index contributed by atoms with van der Waals surface area (Å²) in [6.07, 6.45) is 24.5. The van der Waals surface area contributed by atoms with Crippen molar-refractivity contribution in [1.82, 2.24) is 4.90 Å². The van der Waals surface area contributed by atoms with Crippen molar-refractivity contribution in [2.24, 2.45) is 22.4 Å². The van der Waals surface area contributed by atoms with Crippen LogP contribution in [0.3, 0.4) is 0 Å². The van der Waals surface area contributed by atoms with Crippen LogP contribution in [0.5, 0.6) is 0 Å². The molecule has 0 saturated carbocycles. The zero-order valence-electron chi connectivity index (χ0n) is 24.5. The quantitative estimate of drug-likeness (QED) is 0.0834. The van der Waals surface area contributed by atoms with E-state index in [0.29, 0.717) is 18.4 Å². The number of piperidine rings is 1. The van der Waals surface area contributed by atoms with E-state index in [4.69, 9.17) is 9.99 Å². The molecule has 1 saturated heterocycles. The maximum absolute atomic E-state index is 6.19. The monoisotopic (exact) mass is 486 g/mol. The Kier molecular flexibility index (Phi) is 17.1. The predicted molar refractivity (Wildman–Crippen MR) is 156 cm³/mol. The zero-order chi connectivity index (χ0) is 25.9. The van der Waals surface area contributed by atoms with Crippen LogP contribution >= 0.6 is 0 Å². The first-order valence-corrected chi connectivity index (χ1v) is 14.9. The Bertz CT molecular complexity index is 656. The molecule has 3 unspecified atom stereocenters. The van der Waals surface area contributed by atoms with E-state index in [-0.39, 0.29) is 5.41 Å². The van der Waals surface area contributed by atoms with Crippen LogP contribution in [0.25, 0.3) is 0 Å². The Balaban J connectivity index is 3.18. The van der Waals surface area contributed by atoms with Gasteiger partial charge in [-0.3, -0.25) is 0 Å². The van der Waals surface area contributed by atoms with Crippen LogP contribution in [0.1, 0.15) is 119 Å². The maximum Gasteiger partial charge on any atom is 0.120 e. The van der Waals surface area contributed by atoms with Crippen molar-refractivity contribution in [2.45, 2.75) is 119 Å². The molecule has 0 N–H and O–H groups in total.